The Bertz CT molecular complexity index is 1280. The molecule has 6 N–H and O–H groups in total. The first-order valence-corrected chi connectivity index (χ1v) is 12.3. The first-order chi connectivity index (χ1) is 18.1. The highest BCUT2D eigenvalue weighted by atomic mass is 35.5. The number of hydrogen-bond donors (Lipinski definition) is 5. The summed E-state index contributed by atoms with van der Waals surface area (Å²) >= 11 is 12.1. The van der Waals surface area contributed by atoms with Crippen LogP contribution in [0.3, 0.4) is 0 Å². The van der Waals surface area contributed by atoms with Crippen molar-refractivity contribution in [2.75, 3.05) is 18.4 Å². The van der Waals surface area contributed by atoms with E-state index in [9.17, 15) is 19.2 Å². The molecule has 0 atom stereocenters. The van der Waals surface area contributed by atoms with Crippen molar-refractivity contribution in [1.29, 1.82) is 5.41 Å². The van der Waals surface area contributed by atoms with Crippen molar-refractivity contribution in [2.45, 2.75) is 18.9 Å². The van der Waals surface area contributed by atoms with Gasteiger partial charge in [-0.2, -0.15) is 0 Å². The van der Waals surface area contributed by atoms with Crippen LogP contribution in [-0.2, 0) is 9.59 Å². The minimum Gasteiger partial charge on any atom is -0.393 e. The van der Waals surface area contributed by atoms with Crippen molar-refractivity contribution >= 4 is 58.7 Å². The number of nitrogens with one attached hydrogen (secondary N) is 4. The molecule has 0 spiro atoms. The Morgan fingerprint density at radius 1 is 1.03 bits per heavy atom. The summed E-state index contributed by atoms with van der Waals surface area (Å²) in [6.45, 7) is 4.20. The SMILES string of the molecule is C=CC(=O)Nc1ccc(C(=O)N2CCC(NC(=O)/C(N)=C(/C=N)NC(=O)c3c(Cl)cccc3Cl)CC2)cc1. The van der Waals surface area contributed by atoms with Crippen LogP contribution in [0.25, 0.3) is 0 Å². The van der Waals surface area contributed by atoms with Crippen LogP contribution in [0.4, 0.5) is 5.69 Å². The van der Waals surface area contributed by atoms with Crippen molar-refractivity contribution in [2.24, 2.45) is 5.73 Å². The Balaban J connectivity index is 1.56. The van der Waals surface area contributed by atoms with Crippen molar-refractivity contribution in [3.05, 3.63) is 87.7 Å². The molecule has 3 rings (SSSR count). The summed E-state index contributed by atoms with van der Waals surface area (Å²) in [6.07, 6.45) is 2.89. The van der Waals surface area contributed by atoms with Gasteiger partial charge >= 0.3 is 0 Å². The van der Waals surface area contributed by atoms with Gasteiger partial charge in [-0.05, 0) is 55.3 Å². The monoisotopic (exact) mass is 556 g/mol. The van der Waals surface area contributed by atoms with E-state index in [-0.39, 0.29) is 44.9 Å². The van der Waals surface area contributed by atoms with Crippen molar-refractivity contribution in [1.82, 2.24) is 15.5 Å². The lowest BCUT2D eigenvalue weighted by molar-refractivity contribution is -0.118. The quantitative estimate of drug-likeness (QED) is 0.249. The van der Waals surface area contributed by atoms with E-state index in [1.165, 1.54) is 12.1 Å². The van der Waals surface area contributed by atoms with Crippen LogP contribution >= 0.6 is 23.2 Å². The Labute approximate surface area is 229 Å². The number of carbonyl (C=O) groups is 4. The molecule has 0 aliphatic carbocycles. The molecule has 198 valence electrons. The summed E-state index contributed by atoms with van der Waals surface area (Å²) in [7, 11) is 0. The van der Waals surface area contributed by atoms with Crippen LogP contribution in [-0.4, -0.2) is 53.9 Å². The van der Waals surface area contributed by atoms with Gasteiger partial charge in [0.15, 0.2) is 0 Å². The number of amides is 4. The molecule has 1 aliphatic rings. The summed E-state index contributed by atoms with van der Waals surface area (Å²) in [5.74, 6) is -1.87. The van der Waals surface area contributed by atoms with E-state index >= 15 is 0 Å². The molecule has 0 unspecified atom stereocenters. The molecule has 1 saturated heterocycles. The molecule has 1 fully saturated rings. The van der Waals surface area contributed by atoms with Gasteiger partial charge in [-0.1, -0.05) is 35.8 Å². The third-order valence-electron chi connectivity index (χ3n) is 5.82. The van der Waals surface area contributed by atoms with Gasteiger partial charge in [0, 0.05) is 36.6 Å². The fourth-order valence-electron chi connectivity index (χ4n) is 3.77. The summed E-state index contributed by atoms with van der Waals surface area (Å²) in [4.78, 5) is 51.2. The highest BCUT2D eigenvalue weighted by Crippen LogP contribution is 2.24. The standard InChI is InChI=1S/C26H26Cl2N6O4/c1-2-21(35)31-16-8-6-15(7-9-16)26(38)34-12-10-17(11-13-34)32-25(37)23(30)20(14-29)33-24(36)22-18(27)4-3-5-19(22)28/h2-9,14,17,29H,1,10-13,30H2,(H,31,35)(H,32,37)(H,33,36)/b23-20+,29-14?. The van der Waals surface area contributed by atoms with Crippen LogP contribution < -0.4 is 21.7 Å². The fourth-order valence-corrected chi connectivity index (χ4v) is 4.33. The van der Waals surface area contributed by atoms with Crippen LogP contribution in [0.5, 0.6) is 0 Å². The number of carbonyl (C=O) groups excluding carboxylic acids is 4. The highest BCUT2D eigenvalue weighted by Gasteiger charge is 2.26. The van der Waals surface area contributed by atoms with Gasteiger partial charge < -0.3 is 32.0 Å². The second kappa shape index (κ2) is 12.9. The number of hydrogen-bond acceptors (Lipinski definition) is 6. The minimum atomic E-state index is -0.710. The molecule has 1 aliphatic heterocycles. The zero-order chi connectivity index (χ0) is 27.8. The predicted molar refractivity (Wildman–Crippen MR) is 146 cm³/mol. The van der Waals surface area contributed by atoms with Crippen molar-refractivity contribution < 1.29 is 19.2 Å². The number of rotatable bonds is 8. The molecule has 12 heteroatoms. The molecule has 0 aromatic heterocycles. The zero-order valence-electron chi connectivity index (χ0n) is 20.2. The fraction of sp³-hybridized carbons (Fsp3) is 0.192. The second-order valence-corrected chi connectivity index (χ2v) is 9.15. The van der Waals surface area contributed by atoms with Gasteiger partial charge in [0.05, 0.1) is 21.3 Å². The number of piperidine rings is 1. The van der Waals surface area contributed by atoms with Gasteiger partial charge in [0.2, 0.25) is 5.91 Å². The number of nitrogens with two attached hydrogens (primary N) is 1. The highest BCUT2D eigenvalue weighted by molar-refractivity contribution is 6.39. The minimum absolute atomic E-state index is 0.00316. The Morgan fingerprint density at radius 2 is 1.63 bits per heavy atom. The number of likely N-dealkylation sites (tertiary alicyclic amines) is 1. The topological polar surface area (TPSA) is 157 Å². The largest absolute Gasteiger partial charge is 0.393 e. The van der Waals surface area contributed by atoms with Gasteiger partial charge in [-0.25, -0.2) is 0 Å². The van der Waals surface area contributed by atoms with E-state index < -0.39 is 11.8 Å². The first-order valence-electron chi connectivity index (χ1n) is 11.5. The average molecular weight is 557 g/mol. The first kappa shape index (κ1) is 28.4. The molecule has 4 amide bonds. The second-order valence-electron chi connectivity index (χ2n) is 8.33. The Morgan fingerprint density at radius 3 is 2.18 bits per heavy atom. The van der Waals surface area contributed by atoms with Crippen LogP contribution in [0.1, 0.15) is 33.6 Å². The van der Waals surface area contributed by atoms with E-state index in [2.05, 4.69) is 22.5 Å². The molecule has 2 aromatic carbocycles. The maximum Gasteiger partial charge on any atom is 0.269 e. The lowest BCUT2D eigenvalue weighted by Crippen LogP contribution is -2.48. The van der Waals surface area contributed by atoms with Crippen LogP contribution in [0, 0.1) is 5.41 Å². The number of halogens is 2. The smallest absolute Gasteiger partial charge is 0.269 e. The normalized spacial score (nSPS) is 14.1. The lowest BCUT2D eigenvalue weighted by Gasteiger charge is -2.32. The molecular formula is C26H26Cl2N6O4. The molecular weight excluding hydrogens is 531 g/mol. The number of nitrogens with zero attached hydrogens (tertiary/aromatic N) is 1. The van der Waals surface area contributed by atoms with E-state index in [1.54, 1.807) is 35.2 Å². The van der Waals surface area contributed by atoms with E-state index in [4.69, 9.17) is 34.3 Å². The third kappa shape index (κ3) is 6.99. The molecule has 0 saturated carbocycles. The number of anilines is 1. The Kier molecular flexibility index (Phi) is 9.64. The number of allylic oxidation sites excluding steroid dienone is 1. The van der Waals surface area contributed by atoms with Crippen molar-refractivity contribution in [3.8, 4) is 0 Å². The Hall–Kier alpha value is -4.15. The average Bonchev–Trinajstić information content (AvgIpc) is 2.91. The predicted octanol–water partition coefficient (Wildman–Crippen LogP) is 3.09. The molecule has 10 nitrogen and oxygen atoms in total. The molecule has 2 aromatic rings. The zero-order valence-corrected chi connectivity index (χ0v) is 21.7. The van der Waals surface area contributed by atoms with Gasteiger partial charge in [0.25, 0.3) is 17.7 Å². The molecule has 0 bridgehead atoms. The van der Waals surface area contributed by atoms with Crippen LogP contribution in [0.15, 0.2) is 66.5 Å². The molecule has 0 radical (unpaired) electrons. The van der Waals surface area contributed by atoms with Gasteiger partial charge in [-0.15, -0.1) is 0 Å². The van der Waals surface area contributed by atoms with Gasteiger partial charge in [-0.3, -0.25) is 19.2 Å². The molecule has 38 heavy (non-hydrogen) atoms. The lowest BCUT2D eigenvalue weighted by atomic mass is 10.0. The maximum absolute atomic E-state index is 12.8. The van der Waals surface area contributed by atoms with E-state index in [0.717, 1.165) is 12.3 Å². The van der Waals surface area contributed by atoms with E-state index in [1.807, 2.05) is 0 Å². The van der Waals surface area contributed by atoms with Crippen molar-refractivity contribution in [3.63, 3.8) is 0 Å². The maximum atomic E-state index is 12.8. The third-order valence-corrected chi connectivity index (χ3v) is 6.45. The summed E-state index contributed by atoms with van der Waals surface area (Å²) in [6, 6.07) is 10.8. The summed E-state index contributed by atoms with van der Waals surface area (Å²) in [5, 5.41) is 15.6. The van der Waals surface area contributed by atoms with Crippen LogP contribution in [0.2, 0.25) is 10.0 Å². The molecule has 1 heterocycles. The van der Waals surface area contributed by atoms with E-state index in [0.29, 0.717) is 37.2 Å². The number of benzene rings is 2. The van der Waals surface area contributed by atoms with Gasteiger partial charge in [0.1, 0.15) is 5.70 Å². The summed E-state index contributed by atoms with van der Waals surface area (Å²) in [5.41, 5.74) is 6.40. The summed E-state index contributed by atoms with van der Waals surface area (Å²) < 4.78 is 0.